The first-order valence-corrected chi connectivity index (χ1v) is 12.8. The molecule has 0 atom stereocenters. The molecule has 0 spiro atoms. The topological polar surface area (TPSA) is 103 Å². The Morgan fingerprint density at radius 2 is 1.83 bits per heavy atom. The van der Waals surface area contributed by atoms with Gasteiger partial charge in [-0.1, -0.05) is 50.6 Å². The predicted octanol–water partition coefficient (Wildman–Crippen LogP) is 4.90. The second kappa shape index (κ2) is 9.58. The first-order chi connectivity index (χ1) is 17.0. The lowest BCUT2D eigenvalue weighted by Crippen LogP contribution is -2.23. The average Bonchev–Trinajstić information content (AvgIpc) is 3.28. The zero-order chi connectivity index (χ0) is 24.5. The lowest BCUT2D eigenvalue weighted by molar-refractivity contribution is 0.466. The second-order valence-corrected chi connectivity index (χ2v) is 9.45. The normalized spacial score (nSPS) is 11.7. The molecule has 1 N–H and O–H groups in total. The number of hydrogen-bond acceptors (Lipinski definition) is 7. The Morgan fingerprint density at radius 1 is 1.00 bits per heavy atom. The Bertz CT molecular complexity index is 1670. The number of benzene rings is 2. The fraction of sp³-hybridized carbons (Fsp3) is 0.308. The minimum Gasteiger partial charge on any atom is -0.508 e. The van der Waals surface area contributed by atoms with Gasteiger partial charge in [0.25, 0.3) is 5.56 Å². The number of aromatic hydroxyl groups is 1. The molecule has 8 nitrogen and oxygen atoms in total. The summed E-state index contributed by atoms with van der Waals surface area (Å²) in [4.78, 5) is 25.4. The van der Waals surface area contributed by atoms with Crippen LogP contribution in [0.1, 0.15) is 44.2 Å². The van der Waals surface area contributed by atoms with Gasteiger partial charge in [-0.05, 0) is 42.2 Å². The minimum atomic E-state index is -0.474. The summed E-state index contributed by atoms with van der Waals surface area (Å²) in [6, 6.07) is 12.3. The number of thioether (sulfide) groups is 1. The van der Waals surface area contributed by atoms with Gasteiger partial charge in [-0.3, -0.25) is 13.8 Å². The molecule has 3 aromatic heterocycles. The standard InChI is InChI=1S/C26H26N4O4S/c1-3-5-8-11-29-24(33)18-9-6-7-10-20(18)30-25(29)27-28-26(30)35-15-17-13-23(32)34-22-14-21(31)16(4-2)12-19(17)22/h6-7,9-10,12-14,31H,3-5,8,11,15H2,1-2H3. The van der Waals surface area contributed by atoms with Crippen LogP contribution in [0.2, 0.25) is 0 Å². The highest BCUT2D eigenvalue weighted by Gasteiger charge is 2.18. The number of para-hydroxylation sites is 1. The fourth-order valence-electron chi connectivity index (χ4n) is 4.40. The zero-order valence-electron chi connectivity index (χ0n) is 19.7. The van der Waals surface area contributed by atoms with Crippen molar-refractivity contribution in [1.82, 2.24) is 19.2 Å². The van der Waals surface area contributed by atoms with Gasteiger partial charge in [0.2, 0.25) is 5.78 Å². The third-order valence-electron chi connectivity index (χ3n) is 6.23. The summed E-state index contributed by atoms with van der Waals surface area (Å²) in [5.74, 6) is 1.08. The molecule has 0 saturated carbocycles. The van der Waals surface area contributed by atoms with Crippen LogP contribution in [0.5, 0.6) is 5.75 Å². The highest BCUT2D eigenvalue weighted by atomic mass is 32.2. The van der Waals surface area contributed by atoms with E-state index < -0.39 is 5.63 Å². The van der Waals surface area contributed by atoms with Gasteiger partial charge in [0.1, 0.15) is 11.3 Å². The smallest absolute Gasteiger partial charge is 0.336 e. The summed E-state index contributed by atoms with van der Waals surface area (Å²) in [5, 5.41) is 21.0. The van der Waals surface area contributed by atoms with Crippen LogP contribution in [0.15, 0.2) is 61.6 Å². The quantitative estimate of drug-likeness (QED) is 0.187. The fourth-order valence-corrected chi connectivity index (χ4v) is 5.33. The predicted molar refractivity (Wildman–Crippen MR) is 137 cm³/mol. The molecule has 0 saturated heterocycles. The van der Waals surface area contributed by atoms with E-state index in [9.17, 15) is 14.7 Å². The first-order valence-electron chi connectivity index (χ1n) is 11.8. The molecule has 0 aliphatic rings. The highest BCUT2D eigenvalue weighted by Crippen LogP contribution is 2.31. The van der Waals surface area contributed by atoms with E-state index in [-0.39, 0.29) is 11.3 Å². The molecule has 9 heteroatoms. The van der Waals surface area contributed by atoms with Crippen molar-refractivity contribution in [2.75, 3.05) is 0 Å². The van der Waals surface area contributed by atoms with Crippen LogP contribution in [0.4, 0.5) is 0 Å². The maximum Gasteiger partial charge on any atom is 0.336 e. The lowest BCUT2D eigenvalue weighted by atomic mass is 10.1. The van der Waals surface area contributed by atoms with Crippen LogP contribution in [0.25, 0.3) is 27.6 Å². The van der Waals surface area contributed by atoms with Gasteiger partial charge in [0.05, 0.1) is 10.9 Å². The molecule has 2 aromatic carbocycles. The molecule has 0 radical (unpaired) electrons. The summed E-state index contributed by atoms with van der Waals surface area (Å²) in [6.45, 7) is 4.67. The maximum absolute atomic E-state index is 13.2. The van der Waals surface area contributed by atoms with Crippen molar-refractivity contribution in [1.29, 1.82) is 0 Å². The zero-order valence-corrected chi connectivity index (χ0v) is 20.5. The van der Waals surface area contributed by atoms with Gasteiger partial charge < -0.3 is 9.52 Å². The van der Waals surface area contributed by atoms with Crippen molar-refractivity contribution in [2.24, 2.45) is 0 Å². The highest BCUT2D eigenvalue weighted by molar-refractivity contribution is 7.98. The summed E-state index contributed by atoms with van der Waals surface area (Å²) in [7, 11) is 0. The Balaban J connectivity index is 1.60. The van der Waals surface area contributed by atoms with E-state index in [1.807, 2.05) is 41.7 Å². The SMILES string of the molecule is CCCCCn1c(=O)c2ccccc2n2c(SCc3cc(=O)oc4cc(O)c(CC)cc34)nnc12. The molecule has 3 heterocycles. The van der Waals surface area contributed by atoms with E-state index in [0.29, 0.717) is 40.6 Å². The van der Waals surface area contributed by atoms with E-state index >= 15 is 0 Å². The molecule has 0 aliphatic heterocycles. The van der Waals surface area contributed by atoms with E-state index in [0.717, 1.165) is 41.3 Å². The number of hydrogen-bond donors (Lipinski definition) is 1. The lowest BCUT2D eigenvalue weighted by Gasteiger charge is -2.11. The molecular weight excluding hydrogens is 464 g/mol. The molecule has 0 fully saturated rings. The van der Waals surface area contributed by atoms with Gasteiger partial charge in [0.15, 0.2) is 5.16 Å². The summed E-state index contributed by atoms with van der Waals surface area (Å²) >= 11 is 1.44. The number of fused-ring (bicyclic) bond motifs is 4. The number of rotatable bonds is 8. The third kappa shape index (κ3) is 4.20. The Kier molecular flexibility index (Phi) is 6.34. The monoisotopic (exact) mass is 490 g/mol. The molecular formula is C26H26N4O4S. The molecule has 5 rings (SSSR count). The van der Waals surface area contributed by atoms with Crippen molar-refractivity contribution in [3.05, 3.63) is 74.4 Å². The summed E-state index contributed by atoms with van der Waals surface area (Å²) < 4.78 is 8.95. The van der Waals surface area contributed by atoms with Gasteiger partial charge in [0, 0.05) is 29.8 Å². The van der Waals surface area contributed by atoms with Crippen LogP contribution >= 0.6 is 11.8 Å². The maximum atomic E-state index is 13.2. The van der Waals surface area contributed by atoms with Gasteiger partial charge in [-0.15, -0.1) is 10.2 Å². The number of aromatic nitrogens is 4. The molecule has 0 aliphatic carbocycles. The van der Waals surface area contributed by atoms with Gasteiger partial charge >= 0.3 is 5.63 Å². The Morgan fingerprint density at radius 3 is 2.63 bits per heavy atom. The summed E-state index contributed by atoms with van der Waals surface area (Å²) in [5.41, 5.74) is 2.14. The van der Waals surface area contributed by atoms with Crippen LogP contribution < -0.4 is 11.2 Å². The number of nitrogens with zero attached hydrogens (tertiary/aromatic N) is 4. The van der Waals surface area contributed by atoms with E-state index in [1.165, 1.54) is 23.9 Å². The van der Waals surface area contributed by atoms with E-state index in [2.05, 4.69) is 17.1 Å². The van der Waals surface area contributed by atoms with E-state index in [4.69, 9.17) is 4.42 Å². The third-order valence-corrected chi connectivity index (χ3v) is 7.21. The second-order valence-electron chi connectivity index (χ2n) is 8.51. The molecule has 5 aromatic rings. The van der Waals surface area contributed by atoms with Crippen LogP contribution in [-0.4, -0.2) is 24.3 Å². The van der Waals surface area contributed by atoms with Crippen LogP contribution in [0.3, 0.4) is 0 Å². The molecule has 180 valence electrons. The Labute approximate surface area is 205 Å². The number of phenolic OH excluding ortho intramolecular Hbond substituents is 1. The number of phenols is 1. The minimum absolute atomic E-state index is 0.0632. The summed E-state index contributed by atoms with van der Waals surface area (Å²) in [6.07, 6.45) is 3.63. The molecule has 35 heavy (non-hydrogen) atoms. The average molecular weight is 491 g/mol. The van der Waals surface area contributed by atoms with Gasteiger partial charge in [-0.25, -0.2) is 4.79 Å². The first kappa shape index (κ1) is 23.2. The van der Waals surface area contributed by atoms with Crippen molar-refractivity contribution in [3.63, 3.8) is 0 Å². The van der Waals surface area contributed by atoms with E-state index in [1.54, 1.807) is 4.57 Å². The van der Waals surface area contributed by atoms with Crippen LogP contribution in [-0.2, 0) is 18.7 Å². The van der Waals surface area contributed by atoms with Crippen molar-refractivity contribution in [3.8, 4) is 5.75 Å². The van der Waals surface area contributed by atoms with Crippen molar-refractivity contribution < 1.29 is 9.52 Å². The number of unbranched alkanes of at least 4 members (excludes halogenated alkanes) is 2. The number of aryl methyl sites for hydroxylation is 2. The largest absolute Gasteiger partial charge is 0.508 e. The van der Waals surface area contributed by atoms with Crippen molar-refractivity contribution >= 4 is 39.4 Å². The van der Waals surface area contributed by atoms with Gasteiger partial charge in [-0.2, -0.15) is 0 Å². The van der Waals surface area contributed by atoms with Crippen molar-refractivity contribution in [2.45, 2.75) is 57.0 Å². The molecule has 0 bridgehead atoms. The molecule has 0 amide bonds. The van der Waals surface area contributed by atoms with Crippen LogP contribution in [0, 0.1) is 0 Å². The molecule has 0 unspecified atom stereocenters. The Hall–Kier alpha value is -3.59.